The molecule has 0 bridgehead atoms. The van der Waals surface area contributed by atoms with E-state index < -0.39 is 0 Å². The van der Waals surface area contributed by atoms with Gasteiger partial charge < -0.3 is 9.69 Å². The summed E-state index contributed by atoms with van der Waals surface area (Å²) in [6.07, 6.45) is 3.87. The van der Waals surface area contributed by atoms with Crippen LogP contribution in [0.25, 0.3) is 0 Å². The van der Waals surface area contributed by atoms with Gasteiger partial charge in [-0.05, 0) is 44.1 Å². The standard InChI is InChI=1S/C15H19NO.C2H4O.C2H6/c1-11-14-10-13(14)7-8-16(11)15(17)9-12-5-3-2-4-6-12;1-2-3;1-2/h2-6,11,13-14H,7-10H2,1H3;2H,1H3;1-2H3/t11?,13?,14-;;/m0../s1. The largest absolute Gasteiger partial charge is 0.339 e. The van der Waals surface area contributed by atoms with Crippen LogP contribution in [-0.4, -0.2) is 29.7 Å². The number of carbonyl (C=O) groups is 2. The highest BCUT2D eigenvalue weighted by Gasteiger charge is 2.47. The summed E-state index contributed by atoms with van der Waals surface area (Å²) < 4.78 is 0. The number of piperidine rings is 1. The third-order valence-electron chi connectivity index (χ3n) is 4.35. The third kappa shape index (κ3) is 4.97. The molecule has 1 saturated heterocycles. The van der Waals surface area contributed by atoms with Crippen molar-refractivity contribution in [2.24, 2.45) is 11.8 Å². The van der Waals surface area contributed by atoms with Gasteiger partial charge in [-0.25, -0.2) is 0 Å². The number of rotatable bonds is 2. The lowest BCUT2D eigenvalue weighted by Gasteiger charge is -2.33. The first kappa shape index (κ1) is 18.4. The van der Waals surface area contributed by atoms with Crippen molar-refractivity contribution >= 4 is 12.2 Å². The minimum absolute atomic E-state index is 0.300. The van der Waals surface area contributed by atoms with Crippen LogP contribution in [0.1, 0.15) is 46.1 Å². The number of hydrogen-bond acceptors (Lipinski definition) is 2. The summed E-state index contributed by atoms with van der Waals surface area (Å²) >= 11 is 0. The van der Waals surface area contributed by atoms with E-state index in [2.05, 4.69) is 11.8 Å². The monoisotopic (exact) mass is 303 g/mol. The van der Waals surface area contributed by atoms with Crippen LogP contribution in [0.15, 0.2) is 30.3 Å². The molecule has 3 atom stereocenters. The summed E-state index contributed by atoms with van der Waals surface area (Å²) in [7, 11) is 0. The van der Waals surface area contributed by atoms with Crippen LogP contribution in [0, 0.1) is 11.8 Å². The van der Waals surface area contributed by atoms with E-state index in [1.54, 1.807) is 0 Å². The van der Waals surface area contributed by atoms with Crippen LogP contribution in [-0.2, 0) is 16.0 Å². The molecule has 0 spiro atoms. The number of likely N-dealkylation sites (tertiary alicyclic amines) is 1. The molecule has 22 heavy (non-hydrogen) atoms. The van der Waals surface area contributed by atoms with E-state index in [-0.39, 0.29) is 0 Å². The second kappa shape index (κ2) is 9.39. The van der Waals surface area contributed by atoms with Gasteiger partial charge in [0.05, 0.1) is 6.42 Å². The maximum absolute atomic E-state index is 12.3. The maximum atomic E-state index is 12.3. The van der Waals surface area contributed by atoms with Crippen molar-refractivity contribution in [3.8, 4) is 0 Å². The Bertz CT molecular complexity index is 458. The van der Waals surface area contributed by atoms with Crippen molar-refractivity contribution in [3.05, 3.63) is 35.9 Å². The molecule has 2 aliphatic rings. The number of hydrogen-bond donors (Lipinski definition) is 0. The molecule has 1 heterocycles. The highest BCUT2D eigenvalue weighted by Crippen LogP contribution is 2.48. The van der Waals surface area contributed by atoms with Gasteiger partial charge in [-0.15, -0.1) is 0 Å². The molecular weight excluding hydrogens is 274 g/mol. The van der Waals surface area contributed by atoms with Gasteiger partial charge in [-0.1, -0.05) is 44.2 Å². The molecule has 1 saturated carbocycles. The van der Waals surface area contributed by atoms with Crippen LogP contribution in [0.5, 0.6) is 0 Å². The first-order valence-corrected chi connectivity index (χ1v) is 8.40. The molecule has 3 rings (SSSR count). The van der Waals surface area contributed by atoms with E-state index in [0.29, 0.717) is 18.4 Å². The van der Waals surface area contributed by atoms with E-state index in [1.807, 2.05) is 44.2 Å². The first-order valence-electron chi connectivity index (χ1n) is 8.40. The van der Waals surface area contributed by atoms with E-state index in [9.17, 15) is 4.79 Å². The quantitative estimate of drug-likeness (QED) is 0.781. The molecule has 2 unspecified atom stereocenters. The third-order valence-corrected chi connectivity index (χ3v) is 4.35. The molecule has 1 amide bonds. The topological polar surface area (TPSA) is 37.4 Å². The second-order valence-electron chi connectivity index (χ2n) is 5.67. The van der Waals surface area contributed by atoms with Crippen molar-refractivity contribution in [2.45, 2.75) is 53.0 Å². The van der Waals surface area contributed by atoms with Gasteiger partial charge in [-0.2, -0.15) is 0 Å². The van der Waals surface area contributed by atoms with Gasteiger partial charge in [0.15, 0.2) is 0 Å². The zero-order valence-corrected chi connectivity index (χ0v) is 14.3. The van der Waals surface area contributed by atoms with Crippen molar-refractivity contribution in [1.29, 1.82) is 0 Å². The predicted molar refractivity (Wildman–Crippen MR) is 90.6 cm³/mol. The smallest absolute Gasteiger partial charge is 0.227 e. The van der Waals surface area contributed by atoms with Gasteiger partial charge in [0.1, 0.15) is 6.29 Å². The fraction of sp³-hybridized carbons (Fsp3) is 0.579. The first-order chi connectivity index (χ1) is 10.7. The van der Waals surface area contributed by atoms with Crippen LogP contribution >= 0.6 is 0 Å². The lowest BCUT2D eigenvalue weighted by Crippen LogP contribution is -2.44. The molecule has 3 nitrogen and oxygen atoms in total. The summed E-state index contributed by atoms with van der Waals surface area (Å²) in [6.45, 7) is 8.63. The summed E-state index contributed by atoms with van der Waals surface area (Å²) in [5.41, 5.74) is 1.13. The van der Waals surface area contributed by atoms with Gasteiger partial charge in [0.25, 0.3) is 0 Å². The number of fused-ring (bicyclic) bond motifs is 1. The Balaban J connectivity index is 0.000000435. The Morgan fingerprint density at radius 1 is 1.27 bits per heavy atom. The normalized spacial score (nSPS) is 24.7. The zero-order chi connectivity index (χ0) is 16.5. The van der Waals surface area contributed by atoms with Crippen LogP contribution in [0.4, 0.5) is 0 Å². The van der Waals surface area contributed by atoms with E-state index in [1.165, 1.54) is 19.8 Å². The summed E-state index contributed by atoms with van der Waals surface area (Å²) in [6, 6.07) is 10.5. The average molecular weight is 303 g/mol. The van der Waals surface area contributed by atoms with Crippen LogP contribution in [0.3, 0.4) is 0 Å². The number of aldehydes is 1. The minimum Gasteiger partial charge on any atom is -0.339 e. The Morgan fingerprint density at radius 3 is 2.45 bits per heavy atom. The van der Waals surface area contributed by atoms with Crippen LogP contribution < -0.4 is 0 Å². The molecule has 1 aliphatic carbocycles. The summed E-state index contributed by atoms with van der Waals surface area (Å²) in [4.78, 5) is 23.2. The molecule has 0 aromatic heterocycles. The lowest BCUT2D eigenvalue weighted by molar-refractivity contribution is -0.134. The van der Waals surface area contributed by atoms with Gasteiger partial charge in [0, 0.05) is 12.6 Å². The fourth-order valence-electron chi connectivity index (χ4n) is 3.16. The molecule has 1 aromatic carbocycles. The van der Waals surface area contributed by atoms with Gasteiger partial charge >= 0.3 is 0 Å². The number of carbonyl (C=O) groups excluding carboxylic acids is 2. The molecule has 3 heteroatoms. The molecule has 1 aliphatic heterocycles. The molecule has 1 aromatic rings. The average Bonchev–Trinajstić information content (AvgIpc) is 3.32. The minimum atomic E-state index is 0.300. The Hall–Kier alpha value is -1.64. The molecule has 0 N–H and O–H groups in total. The Morgan fingerprint density at radius 2 is 1.86 bits per heavy atom. The highest BCUT2D eigenvalue weighted by molar-refractivity contribution is 5.79. The maximum Gasteiger partial charge on any atom is 0.227 e. The van der Waals surface area contributed by atoms with Crippen molar-refractivity contribution < 1.29 is 9.59 Å². The fourth-order valence-corrected chi connectivity index (χ4v) is 3.16. The lowest BCUT2D eigenvalue weighted by atomic mass is 10.0. The number of nitrogens with zero attached hydrogens (tertiary/aromatic N) is 1. The van der Waals surface area contributed by atoms with Crippen molar-refractivity contribution in [2.75, 3.05) is 6.54 Å². The van der Waals surface area contributed by atoms with E-state index >= 15 is 0 Å². The predicted octanol–water partition coefficient (Wildman–Crippen LogP) is 3.72. The van der Waals surface area contributed by atoms with Crippen molar-refractivity contribution in [3.63, 3.8) is 0 Å². The number of amides is 1. The van der Waals surface area contributed by atoms with Crippen LogP contribution in [0.2, 0.25) is 0 Å². The second-order valence-corrected chi connectivity index (χ2v) is 5.67. The van der Waals surface area contributed by atoms with E-state index in [0.717, 1.165) is 30.2 Å². The van der Waals surface area contributed by atoms with Gasteiger partial charge in [0.2, 0.25) is 5.91 Å². The number of benzene rings is 1. The summed E-state index contributed by atoms with van der Waals surface area (Å²) in [5.74, 6) is 2.02. The summed E-state index contributed by atoms with van der Waals surface area (Å²) in [5, 5.41) is 0. The molecule has 122 valence electrons. The highest BCUT2D eigenvalue weighted by atomic mass is 16.2. The Kier molecular flexibility index (Phi) is 7.86. The molecular formula is C19H29NO2. The van der Waals surface area contributed by atoms with Crippen molar-refractivity contribution in [1.82, 2.24) is 4.90 Å². The SMILES string of the molecule is CC.CC1[C@@H]2CC2CCN1C(=O)Cc1ccccc1.CC=O. The molecule has 2 fully saturated rings. The van der Waals surface area contributed by atoms with E-state index in [4.69, 9.17) is 4.79 Å². The van der Waals surface area contributed by atoms with Gasteiger partial charge in [-0.3, -0.25) is 4.79 Å². The zero-order valence-electron chi connectivity index (χ0n) is 14.3. The Labute approximate surface area is 134 Å². The molecule has 0 radical (unpaired) electrons.